The van der Waals surface area contributed by atoms with E-state index in [0.29, 0.717) is 17.4 Å². The van der Waals surface area contributed by atoms with Crippen molar-refractivity contribution in [3.63, 3.8) is 0 Å². The van der Waals surface area contributed by atoms with Crippen molar-refractivity contribution < 1.29 is 14.6 Å². The third-order valence-electron chi connectivity index (χ3n) is 2.93. The number of nitrogens with one attached hydrogen (secondary N) is 1. The number of hydrogen-bond donors (Lipinski definition) is 3. The fourth-order valence-corrected chi connectivity index (χ4v) is 2.55. The molecule has 1 aromatic heterocycles. The van der Waals surface area contributed by atoms with Gasteiger partial charge in [0.05, 0.1) is 12.8 Å². The van der Waals surface area contributed by atoms with E-state index in [0.717, 1.165) is 17.7 Å². The maximum atomic E-state index is 10.8. The number of rotatable bonds is 7. The van der Waals surface area contributed by atoms with Crippen molar-refractivity contribution in [2.45, 2.75) is 12.5 Å². The number of aliphatic carboxylic acids is 1. The Morgan fingerprint density at radius 2 is 2.38 bits per heavy atom. The van der Waals surface area contributed by atoms with Crippen LogP contribution in [0.15, 0.2) is 29.6 Å². The molecule has 0 fully saturated rings. The van der Waals surface area contributed by atoms with Gasteiger partial charge in [0.15, 0.2) is 5.13 Å². The molecule has 0 spiro atoms. The zero-order valence-electron chi connectivity index (χ0n) is 11.6. The molecule has 1 atom stereocenters. The van der Waals surface area contributed by atoms with Gasteiger partial charge in [0.2, 0.25) is 0 Å². The number of thiazole rings is 1. The molecule has 1 aromatic carbocycles. The van der Waals surface area contributed by atoms with E-state index < -0.39 is 12.0 Å². The minimum absolute atomic E-state index is 0.372. The number of hydrogen-bond acceptors (Lipinski definition) is 6. The van der Waals surface area contributed by atoms with E-state index in [2.05, 4.69) is 10.3 Å². The molecular weight excluding hydrogens is 290 g/mol. The Balaban J connectivity index is 1.87. The molecule has 0 aliphatic heterocycles. The highest BCUT2D eigenvalue weighted by atomic mass is 32.1. The van der Waals surface area contributed by atoms with Crippen LogP contribution < -0.4 is 15.8 Å². The van der Waals surface area contributed by atoms with Crippen LogP contribution >= 0.6 is 11.3 Å². The zero-order chi connectivity index (χ0) is 15.2. The number of carboxylic acids is 1. The van der Waals surface area contributed by atoms with E-state index >= 15 is 0 Å². The van der Waals surface area contributed by atoms with Gasteiger partial charge in [-0.3, -0.25) is 4.79 Å². The van der Waals surface area contributed by atoms with Gasteiger partial charge < -0.3 is 20.9 Å². The minimum Gasteiger partial charge on any atom is -0.497 e. The second-order valence-corrected chi connectivity index (χ2v) is 5.28. The quantitative estimate of drug-likeness (QED) is 0.722. The Kier molecular flexibility index (Phi) is 5.13. The second kappa shape index (κ2) is 7.05. The highest BCUT2D eigenvalue weighted by Gasteiger charge is 2.17. The average Bonchev–Trinajstić information content (AvgIpc) is 2.95. The Hall–Kier alpha value is -2.12. The fourth-order valence-electron chi connectivity index (χ4n) is 1.78. The van der Waals surface area contributed by atoms with Gasteiger partial charge in [-0.15, -0.1) is 11.3 Å². The van der Waals surface area contributed by atoms with Gasteiger partial charge in [0.25, 0.3) is 0 Å². The molecule has 0 saturated carbocycles. The Labute approximate surface area is 126 Å². The first kappa shape index (κ1) is 15.3. The number of nitrogens with two attached hydrogens (primary N) is 1. The molecule has 2 aromatic rings. The smallest absolute Gasteiger partial charge is 0.326 e. The van der Waals surface area contributed by atoms with E-state index in [1.54, 1.807) is 12.5 Å². The van der Waals surface area contributed by atoms with Crippen molar-refractivity contribution in [3.05, 3.63) is 40.9 Å². The largest absolute Gasteiger partial charge is 0.497 e. The topological polar surface area (TPSA) is 97.5 Å². The standard InChI is InChI=1S/C14H17N3O3S/c1-20-10-4-2-3-9(7-10)5-6-16-14-17-11(8-21-14)12(15)13(18)19/h2-4,7-8,12H,5-6,15H2,1H3,(H,16,17)(H,18,19). The minimum atomic E-state index is -1.08. The van der Waals surface area contributed by atoms with Gasteiger partial charge in [0, 0.05) is 11.9 Å². The number of ether oxygens (including phenoxy) is 1. The van der Waals surface area contributed by atoms with E-state index in [1.807, 2.05) is 24.3 Å². The molecule has 0 saturated heterocycles. The van der Waals surface area contributed by atoms with Crippen LogP contribution in [0.5, 0.6) is 5.75 Å². The SMILES string of the molecule is COc1cccc(CCNc2nc(C(N)C(=O)O)cs2)c1. The highest BCUT2D eigenvalue weighted by molar-refractivity contribution is 7.13. The molecule has 7 heteroatoms. The molecule has 6 nitrogen and oxygen atoms in total. The van der Waals surface area contributed by atoms with Crippen molar-refractivity contribution in [3.8, 4) is 5.75 Å². The molecule has 4 N–H and O–H groups in total. The monoisotopic (exact) mass is 307 g/mol. The molecule has 21 heavy (non-hydrogen) atoms. The maximum Gasteiger partial charge on any atom is 0.326 e. The van der Waals surface area contributed by atoms with Crippen molar-refractivity contribution >= 4 is 22.4 Å². The van der Waals surface area contributed by atoms with Crippen molar-refractivity contribution in [2.75, 3.05) is 19.0 Å². The van der Waals surface area contributed by atoms with Crippen LogP contribution in [0.2, 0.25) is 0 Å². The number of carboxylic acid groups (broad SMARTS) is 1. The van der Waals surface area contributed by atoms with Gasteiger partial charge in [-0.1, -0.05) is 12.1 Å². The lowest BCUT2D eigenvalue weighted by Crippen LogP contribution is -2.21. The third kappa shape index (κ3) is 4.17. The van der Waals surface area contributed by atoms with Gasteiger partial charge in [-0.25, -0.2) is 4.98 Å². The normalized spacial score (nSPS) is 11.9. The fraction of sp³-hybridized carbons (Fsp3) is 0.286. The van der Waals surface area contributed by atoms with Crippen molar-refractivity contribution in [1.82, 2.24) is 4.98 Å². The third-order valence-corrected chi connectivity index (χ3v) is 3.75. The van der Waals surface area contributed by atoms with Crippen LogP contribution in [0.3, 0.4) is 0 Å². The number of anilines is 1. The number of carbonyl (C=O) groups is 1. The summed E-state index contributed by atoms with van der Waals surface area (Å²) in [7, 11) is 1.64. The molecule has 0 aliphatic carbocycles. The van der Waals surface area contributed by atoms with Crippen molar-refractivity contribution in [2.24, 2.45) is 5.73 Å². The summed E-state index contributed by atoms with van der Waals surface area (Å²) in [6, 6.07) is 6.78. The lowest BCUT2D eigenvalue weighted by atomic mass is 10.1. The highest BCUT2D eigenvalue weighted by Crippen LogP contribution is 2.20. The van der Waals surface area contributed by atoms with Crippen LogP contribution in [0.25, 0.3) is 0 Å². The Bertz CT molecular complexity index is 615. The van der Waals surface area contributed by atoms with E-state index in [4.69, 9.17) is 15.6 Å². The summed E-state index contributed by atoms with van der Waals surface area (Å²) in [5.74, 6) is -0.250. The van der Waals surface area contributed by atoms with Crippen LogP contribution in [0, 0.1) is 0 Å². The van der Waals surface area contributed by atoms with E-state index in [9.17, 15) is 4.79 Å². The lowest BCUT2D eigenvalue weighted by molar-refractivity contribution is -0.138. The molecule has 112 valence electrons. The average molecular weight is 307 g/mol. The van der Waals surface area contributed by atoms with Gasteiger partial charge in [-0.2, -0.15) is 0 Å². The van der Waals surface area contributed by atoms with Crippen molar-refractivity contribution in [1.29, 1.82) is 0 Å². The van der Waals surface area contributed by atoms with Gasteiger partial charge in [0.1, 0.15) is 11.8 Å². The first-order chi connectivity index (χ1) is 10.1. The number of methoxy groups -OCH3 is 1. The van der Waals surface area contributed by atoms with E-state index in [1.165, 1.54) is 11.3 Å². The summed E-state index contributed by atoms with van der Waals surface area (Å²) in [5, 5.41) is 14.3. The Morgan fingerprint density at radius 3 is 3.10 bits per heavy atom. The van der Waals surface area contributed by atoms with Crippen LogP contribution in [0.4, 0.5) is 5.13 Å². The Morgan fingerprint density at radius 1 is 1.57 bits per heavy atom. The molecule has 1 unspecified atom stereocenters. The molecule has 2 rings (SSSR count). The second-order valence-electron chi connectivity index (χ2n) is 4.42. The molecule has 0 radical (unpaired) electrons. The number of aromatic nitrogens is 1. The summed E-state index contributed by atoms with van der Waals surface area (Å²) >= 11 is 1.35. The zero-order valence-corrected chi connectivity index (χ0v) is 12.4. The molecule has 0 bridgehead atoms. The summed E-state index contributed by atoms with van der Waals surface area (Å²) in [6.07, 6.45) is 0.817. The summed E-state index contributed by atoms with van der Waals surface area (Å²) in [4.78, 5) is 14.9. The molecular formula is C14H17N3O3S. The van der Waals surface area contributed by atoms with E-state index in [-0.39, 0.29) is 0 Å². The lowest BCUT2D eigenvalue weighted by Gasteiger charge is -2.05. The van der Waals surface area contributed by atoms with Gasteiger partial charge in [-0.05, 0) is 24.1 Å². The number of nitrogens with zero attached hydrogens (tertiary/aromatic N) is 1. The molecule has 0 amide bonds. The van der Waals surface area contributed by atoms with Crippen LogP contribution in [0.1, 0.15) is 17.3 Å². The molecule has 0 aliphatic rings. The maximum absolute atomic E-state index is 10.8. The summed E-state index contributed by atoms with van der Waals surface area (Å²) < 4.78 is 5.17. The first-order valence-corrected chi connectivity index (χ1v) is 7.28. The number of benzene rings is 1. The predicted octanol–water partition coefficient (Wildman–Crippen LogP) is 1.89. The van der Waals surface area contributed by atoms with Crippen LogP contribution in [-0.4, -0.2) is 29.7 Å². The first-order valence-electron chi connectivity index (χ1n) is 6.40. The molecule has 1 heterocycles. The van der Waals surface area contributed by atoms with Crippen LogP contribution in [-0.2, 0) is 11.2 Å². The summed E-state index contributed by atoms with van der Waals surface area (Å²) in [6.45, 7) is 0.697. The summed E-state index contributed by atoms with van der Waals surface area (Å²) in [5.41, 5.74) is 7.03. The predicted molar refractivity (Wildman–Crippen MR) is 81.9 cm³/mol. The van der Waals surface area contributed by atoms with Gasteiger partial charge >= 0.3 is 5.97 Å².